The summed E-state index contributed by atoms with van der Waals surface area (Å²) in [6.07, 6.45) is 3.22. The summed E-state index contributed by atoms with van der Waals surface area (Å²) in [6.45, 7) is 8.06. The Morgan fingerprint density at radius 1 is 1.14 bits per heavy atom. The number of amides is 2. The van der Waals surface area contributed by atoms with E-state index < -0.39 is 0 Å². The molecule has 0 spiro atoms. The van der Waals surface area contributed by atoms with Gasteiger partial charge in [0, 0.05) is 23.7 Å². The van der Waals surface area contributed by atoms with Crippen LogP contribution in [0.4, 0.5) is 0 Å². The number of likely N-dealkylation sites (tertiary alicyclic amines) is 1. The molecule has 1 heterocycles. The average Bonchev–Trinajstić information content (AvgIpc) is 2.64. The molecule has 1 saturated heterocycles. The summed E-state index contributed by atoms with van der Waals surface area (Å²) in [4.78, 5) is 26.6. The fourth-order valence-corrected chi connectivity index (χ4v) is 3.61. The topological polar surface area (TPSA) is 82.7 Å². The van der Waals surface area contributed by atoms with Crippen LogP contribution in [0.3, 0.4) is 0 Å². The van der Waals surface area contributed by atoms with Crippen molar-refractivity contribution in [2.45, 2.75) is 65.1 Å². The van der Waals surface area contributed by atoms with Gasteiger partial charge in [-0.15, -0.1) is 0 Å². The molecule has 1 aliphatic rings. The van der Waals surface area contributed by atoms with Crippen LogP contribution in [-0.2, 0) is 4.79 Å². The first-order valence-electron chi connectivity index (χ1n) is 9.68. The molecule has 3 N–H and O–H groups in total. The predicted molar refractivity (Wildman–Crippen MR) is 113 cm³/mol. The lowest BCUT2D eigenvalue weighted by Crippen LogP contribution is -2.49. The van der Waals surface area contributed by atoms with Crippen LogP contribution in [0.5, 0.6) is 5.75 Å². The number of nitrogens with zero attached hydrogens (tertiary/aromatic N) is 1. The quantitative estimate of drug-likeness (QED) is 0.514. The van der Waals surface area contributed by atoms with E-state index in [0.29, 0.717) is 16.4 Å². The maximum atomic E-state index is 12.5. The van der Waals surface area contributed by atoms with E-state index >= 15 is 0 Å². The van der Waals surface area contributed by atoms with Gasteiger partial charge in [-0.25, -0.2) is 0 Å². The number of hydrogen-bond acceptors (Lipinski definition) is 4. The molecule has 0 aliphatic carbocycles. The van der Waals surface area contributed by atoms with Gasteiger partial charge in [-0.1, -0.05) is 0 Å². The van der Waals surface area contributed by atoms with Crippen LogP contribution in [0.15, 0.2) is 24.3 Å². The maximum absolute atomic E-state index is 12.5. The summed E-state index contributed by atoms with van der Waals surface area (Å²) >= 11 is 5.06. The molecule has 1 fully saturated rings. The highest BCUT2D eigenvalue weighted by molar-refractivity contribution is 7.80. The van der Waals surface area contributed by atoms with E-state index in [-0.39, 0.29) is 36.5 Å². The lowest BCUT2D eigenvalue weighted by atomic mass is 9.97. The second-order valence-electron chi connectivity index (χ2n) is 7.45. The predicted octanol–water partition coefficient (Wildman–Crippen LogP) is 2.37. The molecule has 7 nitrogen and oxygen atoms in total. The maximum Gasteiger partial charge on any atom is 0.269 e. The normalized spacial score (nSPS) is 19.1. The third-order valence-corrected chi connectivity index (χ3v) is 4.89. The lowest BCUT2D eigenvalue weighted by molar-refractivity contribution is -0.139. The molecule has 28 heavy (non-hydrogen) atoms. The number of hydrogen-bond donors (Lipinski definition) is 3. The lowest BCUT2D eigenvalue weighted by Gasteiger charge is -2.38. The first-order chi connectivity index (χ1) is 13.3. The van der Waals surface area contributed by atoms with Crippen LogP contribution < -0.4 is 20.9 Å². The van der Waals surface area contributed by atoms with Gasteiger partial charge in [0.15, 0.2) is 11.7 Å². The van der Waals surface area contributed by atoms with Crippen molar-refractivity contribution in [3.8, 4) is 5.75 Å². The van der Waals surface area contributed by atoms with Crippen molar-refractivity contribution >= 4 is 29.1 Å². The number of ether oxygens (including phenoxy) is 1. The van der Waals surface area contributed by atoms with Crippen LogP contribution >= 0.6 is 12.2 Å². The van der Waals surface area contributed by atoms with Gasteiger partial charge in [0.05, 0.1) is 0 Å². The number of carbonyl (C=O) groups is 2. The minimum Gasteiger partial charge on any atom is -0.484 e. The van der Waals surface area contributed by atoms with Crippen molar-refractivity contribution in [1.82, 2.24) is 21.1 Å². The Morgan fingerprint density at radius 3 is 2.32 bits per heavy atom. The van der Waals surface area contributed by atoms with E-state index in [9.17, 15) is 9.59 Å². The van der Waals surface area contributed by atoms with Gasteiger partial charge in [-0.3, -0.25) is 20.4 Å². The SMILES string of the molecule is CC(C)NC(=S)NNC(=O)c1ccc(OCC(=O)N2[C@H](C)CCC[C@@H]2C)cc1. The van der Waals surface area contributed by atoms with E-state index in [1.165, 1.54) is 0 Å². The largest absolute Gasteiger partial charge is 0.484 e. The van der Waals surface area contributed by atoms with Crippen molar-refractivity contribution < 1.29 is 14.3 Å². The van der Waals surface area contributed by atoms with E-state index in [0.717, 1.165) is 19.3 Å². The fraction of sp³-hybridized carbons (Fsp3) is 0.550. The van der Waals surface area contributed by atoms with Gasteiger partial charge < -0.3 is 15.0 Å². The highest BCUT2D eigenvalue weighted by Crippen LogP contribution is 2.22. The first kappa shape index (κ1) is 21.9. The third kappa shape index (κ3) is 6.37. The Bertz CT molecular complexity index is 683. The Kier molecular flexibility index (Phi) is 8.04. The zero-order valence-electron chi connectivity index (χ0n) is 17.0. The molecule has 154 valence electrons. The van der Waals surface area contributed by atoms with Crippen LogP contribution in [0.2, 0.25) is 0 Å². The number of piperidine rings is 1. The molecule has 0 aromatic heterocycles. The molecular formula is C20H30N4O3S. The van der Waals surface area contributed by atoms with Gasteiger partial charge in [-0.05, 0) is 83.4 Å². The molecule has 2 rings (SSSR count). The molecule has 2 atom stereocenters. The van der Waals surface area contributed by atoms with Crippen LogP contribution in [0.1, 0.15) is 57.3 Å². The minimum atomic E-state index is -0.313. The van der Waals surface area contributed by atoms with Gasteiger partial charge in [-0.2, -0.15) is 0 Å². The van der Waals surface area contributed by atoms with Crippen molar-refractivity contribution in [1.29, 1.82) is 0 Å². The Labute approximate surface area is 172 Å². The smallest absolute Gasteiger partial charge is 0.269 e. The number of thiocarbonyl (C=S) groups is 1. The van der Waals surface area contributed by atoms with Crippen LogP contribution in [0, 0.1) is 0 Å². The molecule has 0 radical (unpaired) electrons. The molecule has 0 saturated carbocycles. The second kappa shape index (κ2) is 10.3. The van der Waals surface area contributed by atoms with Crippen molar-refractivity contribution in [2.24, 2.45) is 0 Å². The molecule has 2 amide bonds. The van der Waals surface area contributed by atoms with Crippen molar-refractivity contribution in [3.63, 3.8) is 0 Å². The highest BCUT2D eigenvalue weighted by Gasteiger charge is 2.28. The number of hydrazine groups is 1. The summed E-state index contributed by atoms with van der Waals surface area (Å²) < 4.78 is 5.63. The molecule has 1 aromatic rings. The number of nitrogens with one attached hydrogen (secondary N) is 3. The Morgan fingerprint density at radius 2 is 1.75 bits per heavy atom. The minimum absolute atomic E-state index is 0.00288. The number of rotatable bonds is 5. The summed E-state index contributed by atoms with van der Waals surface area (Å²) in [5.74, 6) is 0.232. The van der Waals surface area contributed by atoms with E-state index in [4.69, 9.17) is 17.0 Å². The van der Waals surface area contributed by atoms with Gasteiger partial charge in [0.25, 0.3) is 11.8 Å². The average molecular weight is 407 g/mol. The van der Waals surface area contributed by atoms with E-state index in [2.05, 4.69) is 30.0 Å². The molecule has 1 aromatic carbocycles. The number of carbonyl (C=O) groups excluding carboxylic acids is 2. The van der Waals surface area contributed by atoms with Gasteiger partial charge in [0.2, 0.25) is 0 Å². The number of benzene rings is 1. The zero-order chi connectivity index (χ0) is 20.7. The van der Waals surface area contributed by atoms with Crippen molar-refractivity contribution in [3.05, 3.63) is 29.8 Å². The standard InChI is InChI=1S/C20H30N4O3S/c1-13(2)21-20(28)23-22-19(26)16-8-10-17(11-9-16)27-12-18(25)24-14(3)6-5-7-15(24)4/h8-11,13-15H,5-7,12H2,1-4H3,(H,22,26)(H2,21,23,28)/t14-,15+. The summed E-state index contributed by atoms with van der Waals surface area (Å²) in [5, 5.41) is 3.32. The van der Waals surface area contributed by atoms with E-state index in [1.807, 2.05) is 18.7 Å². The van der Waals surface area contributed by atoms with Gasteiger partial charge in [0.1, 0.15) is 5.75 Å². The molecule has 0 bridgehead atoms. The van der Waals surface area contributed by atoms with Crippen LogP contribution in [-0.4, -0.2) is 46.6 Å². The third-order valence-electron chi connectivity index (χ3n) is 4.67. The van der Waals surface area contributed by atoms with Crippen LogP contribution in [0.25, 0.3) is 0 Å². The molecule has 1 aliphatic heterocycles. The molecular weight excluding hydrogens is 376 g/mol. The second-order valence-corrected chi connectivity index (χ2v) is 7.86. The Hall–Kier alpha value is -2.35. The summed E-state index contributed by atoms with van der Waals surface area (Å²) in [7, 11) is 0. The Balaban J connectivity index is 1.82. The van der Waals surface area contributed by atoms with Crippen molar-refractivity contribution in [2.75, 3.05) is 6.61 Å². The highest BCUT2D eigenvalue weighted by atomic mass is 32.1. The zero-order valence-corrected chi connectivity index (χ0v) is 17.8. The first-order valence-corrected chi connectivity index (χ1v) is 10.1. The molecule has 0 unspecified atom stereocenters. The molecule has 8 heteroatoms. The summed E-state index contributed by atoms with van der Waals surface area (Å²) in [6, 6.07) is 7.30. The fourth-order valence-electron chi connectivity index (χ4n) is 3.32. The van der Waals surface area contributed by atoms with Gasteiger partial charge >= 0.3 is 0 Å². The summed E-state index contributed by atoms with van der Waals surface area (Å²) in [5.41, 5.74) is 5.64. The van der Waals surface area contributed by atoms with E-state index in [1.54, 1.807) is 24.3 Å². The monoisotopic (exact) mass is 406 g/mol.